The first-order chi connectivity index (χ1) is 12.9. The zero-order valence-electron chi connectivity index (χ0n) is 15.9. The molecule has 2 N–H and O–H groups in total. The molecule has 1 fully saturated rings. The van der Waals surface area contributed by atoms with Crippen LogP contribution in [0, 0.1) is 11.8 Å². The Kier molecular flexibility index (Phi) is 7.64. The number of carbonyl (C=O) groups excluding carboxylic acids is 2. The summed E-state index contributed by atoms with van der Waals surface area (Å²) in [7, 11) is 0. The van der Waals surface area contributed by atoms with Gasteiger partial charge in [0.05, 0.1) is 18.1 Å². The number of ether oxygens (including phenoxy) is 1. The molecule has 1 saturated heterocycles. The molecule has 0 radical (unpaired) electrons. The van der Waals surface area contributed by atoms with Crippen LogP contribution >= 0.6 is 0 Å². The predicted molar refractivity (Wildman–Crippen MR) is 101 cm³/mol. The molecular weight excluding hydrogens is 348 g/mol. The van der Waals surface area contributed by atoms with Crippen molar-refractivity contribution in [1.82, 2.24) is 10.2 Å². The molecule has 148 valence electrons. The highest BCUT2D eigenvalue weighted by Gasteiger charge is 2.32. The molecule has 1 aromatic carbocycles. The number of amides is 2. The lowest BCUT2D eigenvalue weighted by atomic mass is 9.87. The normalized spacial score (nSPS) is 19.4. The maximum Gasteiger partial charge on any atom is 0.306 e. The standard InChI is InChI=1S/C20H28N2O5/c1-3-27-17-8-5-4-7-16(17)19(24)21-11-6-9-18(23)22-12-10-15(20(25)26)14(2)13-22/h4-5,7-8,14-15H,3,6,9-13H2,1-2H3,(H,21,24)(H,25,26). The fourth-order valence-electron chi connectivity index (χ4n) is 3.37. The van der Waals surface area contributed by atoms with Crippen molar-refractivity contribution in [1.29, 1.82) is 0 Å². The third kappa shape index (κ3) is 5.70. The SMILES string of the molecule is CCOc1ccccc1C(=O)NCCCC(=O)N1CCC(C(=O)O)C(C)C1. The first kappa shape index (κ1) is 20.7. The molecule has 7 heteroatoms. The van der Waals surface area contributed by atoms with Crippen LogP contribution in [0.15, 0.2) is 24.3 Å². The highest BCUT2D eigenvalue weighted by Crippen LogP contribution is 2.24. The Morgan fingerprint density at radius 2 is 2.04 bits per heavy atom. The summed E-state index contributed by atoms with van der Waals surface area (Å²) in [6.07, 6.45) is 1.36. The molecule has 1 aromatic rings. The lowest BCUT2D eigenvalue weighted by Gasteiger charge is -2.35. The smallest absolute Gasteiger partial charge is 0.306 e. The molecule has 1 aliphatic heterocycles. The lowest BCUT2D eigenvalue weighted by Crippen LogP contribution is -2.45. The maximum absolute atomic E-state index is 12.3. The van der Waals surface area contributed by atoms with E-state index in [2.05, 4.69) is 5.32 Å². The first-order valence-corrected chi connectivity index (χ1v) is 9.44. The largest absolute Gasteiger partial charge is 0.493 e. The fourth-order valence-corrected chi connectivity index (χ4v) is 3.37. The van der Waals surface area contributed by atoms with E-state index in [-0.39, 0.29) is 23.7 Å². The van der Waals surface area contributed by atoms with Gasteiger partial charge in [-0.25, -0.2) is 0 Å². The zero-order chi connectivity index (χ0) is 19.8. The van der Waals surface area contributed by atoms with Crippen molar-refractivity contribution in [2.75, 3.05) is 26.2 Å². The minimum atomic E-state index is -0.787. The second-order valence-electron chi connectivity index (χ2n) is 6.84. The van der Waals surface area contributed by atoms with Crippen LogP contribution in [-0.4, -0.2) is 54.0 Å². The summed E-state index contributed by atoms with van der Waals surface area (Å²) < 4.78 is 5.45. The van der Waals surface area contributed by atoms with Crippen LogP contribution in [-0.2, 0) is 9.59 Å². The summed E-state index contributed by atoms with van der Waals surface area (Å²) in [5, 5.41) is 12.0. The number of rotatable bonds is 8. The van der Waals surface area contributed by atoms with Gasteiger partial charge in [-0.2, -0.15) is 0 Å². The van der Waals surface area contributed by atoms with Crippen molar-refractivity contribution in [2.24, 2.45) is 11.8 Å². The molecule has 2 atom stereocenters. The Labute approximate surface area is 159 Å². The van der Waals surface area contributed by atoms with Crippen molar-refractivity contribution in [3.05, 3.63) is 29.8 Å². The average molecular weight is 376 g/mol. The number of nitrogens with one attached hydrogen (secondary N) is 1. The van der Waals surface area contributed by atoms with Crippen molar-refractivity contribution < 1.29 is 24.2 Å². The molecule has 0 aromatic heterocycles. The molecule has 0 aliphatic carbocycles. The van der Waals surface area contributed by atoms with Gasteiger partial charge in [-0.05, 0) is 37.8 Å². The van der Waals surface area contributed by atoms with Crippen molar-refractivity contribution in [2.45, 2.75) is 33.1 Å². The quantitative estimate of drug-likeness (QED) is 0.678. The summed E-state index contributed by atoms with van der Waals surface area (Å²) in [6.45, 7) is 5.56. The number of aliphatic carboxylic acids is 1. The molecular formula is C20H28N2O5. The predicted octanol–water partition coefficient (Wildman–Crippen LogP) is 2.16. The molecule has 1 aliphatic rings. The van der Waals surface area contributed by atoms with Crippen LogP contribution in [0.4, 0.5) is 0 Å². The molecule has 2 amide bonds. The Morgan fingerprint density at radius 1 is 1.30 bits per heavy atom. The van der Waals surface area contributed by atoms with E-state index < -0.39 is 5.97 Å². The van der Waals surface area contributed by atoms with Gasteiger partial charge in [0.1, 0.15) is 5.75 Å². The van der Waals surface area contributed by atoms with E-state index in [1.807, 2.05) is 19.9 Å². The van der Waals surface area contributed by atoms with Gasteiger partial charge in [0.2, 0.25) is 5.91 Å². The van der Waals surface area contributed by atoms with Gasteiger partial charge in [-0.1, -0.05) is 19.1 Å². The second-order valence-corrected chi connectivity index (χ2v) is 6.84. The monoisotopic (exact) mass is 376 g/mol. The molecule has 2 rings (SSSR count). The summed E-state index contributed by atoms with van der Waals surface area (Å²) in [4.78, 5) is 37.5. The lowest BCUT2D eigenvalue weighted by molar-refractivity contribution is -0.148. The number of carboxylic acid groups (broad SMARTS) is 1. The van der Waals surface area contributed by atoms with Crippen LogP contribution in [0.2, 0.25) is 0 Å². The second kappa shape index (κ2) is 9.94. The van der Waals surface area contributed by atoms with Crippen molar-refractivity contribution in [3.63, 3.8) is 0 Å². The van der Waals surface area contributed by atoms with E-state index in [0.717, 1.165) is 0 Å². The maximum atomic E-state index is 12.3. The molecule has 7 nitrogen and oxygen atoms in total. The van der Waals surface area contributed by atoms with Crippen molar-refractivity contribution >= 4 is 17.8 Å². The Balaban J connectivity index is 1.75. The summed E-state index contributed by atoms with van der Waals surface area (Å²) >= 11 is 0. The number of carbonyl (C=O) groups is 3. The van der Waals surface area contributed by atoms with Crippen LogP contribution in [0.1, 0.15) is 43.5 Å². The van der Waals surface area contributed by atoms with E-state index >= 15 is 0 Å². The van der Waals surface area contributed by atoms with Crippen LogP contribution in [0.3, 0.4) is 0 Å². The number of nitrogens with zero attached hydrogens (tertiary/aromatic N) is 1. The fraction of sp³-hybridized carbons (Fsp3) is 0.550. The van der Waals surface area contributed by atoms with E-state index in [4.69, 9.17) is 9.84 Å². The topological polar surface area (TPSA) is 95.9 Å². The first-order valence-electron chi connectivity index (χ1n) is 9.44. The number of hydrogen-bond donors (Lipinski definition) is 2. The molecule has 0 spiro atoms. The van der Waals surface area contributed by atoms with Gasteiger partial charge >= 0.3 is 5.97 Å². The minimum Gasteiger partial charge on any atom is -0.493 e. The number of piperidine rings is 1. The molecule has 2 unspecified atom stereocenters. The van der Waals surface area contributed by atoms with E-state index in [1.54, 1.807) is 23.1 Å². The highest BCUT2D eigenvalue weighted by molar-refractivity contribution is 5.96. The molecule has 0 saturated carbocycles. The number of benzene rings is 1. The third-order valence-electron chi connectivity index (χ3n) is 4.86. The van der Waals surface area contributed by atoms with Gasteiger partial charge < -0.3 is 20.1 Å². The zero-order valence-corrected chi connectivity index (χ0v) is 15.9. The van der Waals surface area contributed by atoms with Crippen LogP contribution in [0.25, 0.3) is 0 Å². The van der Waals surface area contributed by atoms with E-state index in [9.17, 15) is 14.4 Å². The molecule has 1 heterocycles. The van der Waals surface area contributed by atoms with E-state index in [1.165, 1.54) is 0 Å². The summed E-state index contributed by atoms with van der Waals surface area (Å²) in [5.74, 6) is -0.876. The van der Waals surface area contributed by atoms with Gasteiger partial charge in [0, 0.05) is 26.1 Å². The summed E-state index contributed by atoms with van der Waals surface area (Å²) in [6, 6.07) is 7.06. The third-order valence-corrected chi connectivity index (χ3v) is 4.86. The Morgan fingerprint density at radius 3 is 2.70 bits per heavy atom. The molecule has 0 bridgehead atoms. The van der Waals surface area contributed by atoms with Gasteiger partial charge in [0.15, 0.2) is 0 Å². The van der Waals surface area contributed by atoms with Gasteiger partial charge in [0.25, 0.3) is 5.91 Å². The van der Waals surface area contributed by atoms with Crippen LogP contribution in [0.5, 0.6) is 5.75 Å². The van der Waals surface area contributed by atoms with Crippen molar-refractivity contribution in [3.8, 4) is 5.75 Å². The Hall–Kier alpha value is -2.57. The molecule has 27 heavy (non-hydrogen) atoms. The minimum absolute atomic E-state index is 0.00894. The van der Waals surface area contributed by atoms with Gasteiger partial charge in [-0.15, -0.1) is 0 Å². The average Bonchev–Trinajstić information content (AvgIpc) is 2.65. The van der Waals surface area contributed by atoms with Gasteiger partial charge in [-0.3, -0.25) is 14.4 Å². The Bertz CT molecular complexity index is 676. The summed E-state index contributed by atoms with van der Waals surface area (Å²) in [5.41, 5.74) is 0.482. The van der Waals surface area contributed by atoms with Crippen LogP contribution < -0.4 is 10.1 Å². The van der Waals surface area contributed by atoms with E-state index in [0.29, 0.717) is 56.8 Å². The number of hydrogen-bond acceptors (Lipinski definition) is 4. The number of likely N-dealkylation sites (tertiary alicyclic amines) is 1. The highest BCUT2D eigenvalue weighted by atomic mass is 16.5. The number of carboxylic acids is 1. The number of para-hydroxylation sites is 1.